The lowest BCUT2D eigenvalue weighted by molar-refractivity contribution is 0.320. The molecule has 0 amide bonds. The highest BCUT2D eigenvalue weighted by Crippen LogP contribution is 1.76. The van der Waals surface area contributed by atoms with Crippen LogP contribution in [0.2, 0.25) is 0 Å². The summed E-state index contributed by atoms with van der Waals surface area (Å²) in [5.74, 6) is 0. The maximum atomic E-state index is 2.18. The molecule has 0 rings (SSSR count). The van der Waals surface area contributed by atoms with Crippen LogP contribution in [0.25, 0.3) is 0 Å². The predicted octanol–water partition coefficient (Wildman–Crippen LogP) is 0.953. The molecule has 0 N–H and O–H groups in total. The van der Waals surface area contributed by atoms with Gasteiger partial charge in [0.15, 0.2) is 0 Å². The van der Waals surface area contributed by atoms with E-state index in [0.717, 1.165) is 13.1 Å². The van der Waals surface area contributed by atoms with Crippen molar-refractivity contribution in [3.05, 3.63) is 0 Å². The number of nitrogens with zero attached hydrogens (tertiary/aromatic N) is 2. The van der Waals surface area contributed by atoms with Gasteiger partial charge in [-0.05, 0) is 28.2 Å². The monoisotopic (exact) mass is 188 g/mol. The Morgan fingerprint density at radius 2 is 0.900 bits per heavy atom. The Labute approximate surface area is 76.4 Å². The second-order valence-corrected chi connectivity index (χ2v) is 2.61. The molecule has 0 saturated carbocycles. The van der Waals surface area contributed by atoms with Crippen molar-refractivity contribution in [2.45, 2.75) is 0 Å². The van der Waals surface area contributed by atoms with E-state index >= 15 is 0 Å². The highest BCUT2D eigenvalue weighted by atomic mass is 35.5. The molecule has 0 bridgehead atoms. The molecule has 0 unspecified atom stereocenters. The predicted molar refractivity (Wildman–Crippen MR) is 51.6 cm³/mol. The van der Waals surface area contributed by atoms with Crippen LogP contribution in [0.1, 0.15) is 0 Å². The van der Waals surface area contributed by atoms with Crippen LogP contribution in [0.4, 0.5) is 0 Å². The summed E-state index contributed by atoms with van der Waals surface area (Å²) in [6, 6.07) is 0. The van der Waals surface area contributed by atoms with Crippen molar-refractivity contribution in [2.75, 3.05) is 41.3 Å². The Kier molecular flexibility index (Phi) is 16.0. The molecular weight excluding hydrogens is 171 g/mol. The van der Waals surface area contributed by atoms with Crippen LogP contribution in [-0.4, -0.2) is 51.1 Å². The average Bonchev–Trinajstić information content (AvgIpc) is 1.61. The molecular formula is C6H18Cl2N2. The normalized spacial score (nSPS) is 9.00. The van der Waals surface area contributed by atoms with E-state index in [1.165, 1.54) is 0 Å². The summed E-state index contributed by atoms with van der Waals surface area (Å²) in [6.07, 6.45) is 0. The van der Waals surface area contributed by atoms with Crippen molar-refractivity contribution in [1.29, 1.82) is 0 Å². The molecule has 4 heteroatoms. The van der Waals surface area contributed by atoms with Crippen molar-refractivity contribution in [3.63, 3.8) is 0 Å². The SMILES string of the molecule is CN(C)CCN(C)C.Cl.Cl. The molecule has 2 nitrogen and oxygen atoms in total. The number of rotatable bonds is 3. The number of hydrogen-bond acceptors (Lipinski definition) is 2. The van der Waals surface area contributed by atoms with Gasteiger partial charge >= 0.3 is 0 Å². The Bertz CT molecular complexity index is 49.7. The van der Waals surface area contributed by atoms with Gasteiger partial charge in [0.1, 0.15) is 0 Å². The smallest absolute Gasteiger partial charge is 0.0103 e. The lowest BCUT2D eigenvalue weighted by atomic mass is 10.5. The first kappa shape index (κ1) is 16.8. The molecule has 0 aliphatic carbocycles. The molecule has 0 fully saturated rings. The van der Waals surface area contributed by atoms with Gasteiger partial charge in [-0.2, -0.15) is 0 Å². The summed E-state index contributed by atoms with van der Waals surface area (Å²) < 4.78 is 0. The molecule has 0 aromatic carbocycles. The van der Waals surface area contributed by atoms with Crippen molar-refractivity contribution in [1.82, 2.24) is 9.80 Å². The Hall–Kier alpha value is 0.500. The van der Waals surface area contributed by atoms with E-state index in [0.29, 0.717) is 0 Å². The van der Waals surface area contributed by atoms with E-state index in [-0.39, 0.29) is 24.8 Å². The van der Waals surface area contributed by atoms with E-state index in [1.807, 2.05) is 0 Å². The van der Waals surface area contributed by atoms with Gasteiger partial charge in [0.2, 0.25) is 0 Å². The summed E-state index contributed by atoms with van der Waals surface area (Å²) in [5, 5.41) is 0. The number of halogens is 2. The first-order valence-corrected chi connectivity index (χ1v) is 2.92. The van der Waals surface area contributed by atoms with Crippen LogP contribution in [0, 0.1) is 0 Å². The van der Waals surface area contributed by atoms with Crippen molar-refractivity contribution >= 4 is 24.8 Å². The van der Waals surface area contributed by atoms with Crippen LogP contribution >= 0.6 is 24.8 Å². The molecule has 0 aromatic heterocycles. The first-order valence-electron chi connectivity index (χ1n) is 2.92. The minimum atomic E-state index is 0. The highest BCUT2D eigenvalue weighted by molar-refractivity contribution is 5.85. The third-order valence-corrected chi connectivity index (χ3v) is 0.994. The van der Waals surface area contributed by atoms with E-state index in [4.69, 9.17) is 0 Å². The Morgan fingerprint density at radius 3 is 1.00 bits per heavy atom. The second kappa shape index (κ2) is 9.50. The molecule has 0 aliphatic rings. The van der Waals surface area contributed by atoms with Gasteiger partial charge in [0.05, 0.1) is 0 Å². The molecule has 10 heavy (non-hydrogen) atoms. The van der Waals surface area contributed by atoms with Gasteiger partial charge in [-0.1, -0.05) is 0 Å². The van der Waals surface area contributed by atoms with E-state index < -0.39 is 0 Å². The Balaban J connectivity index is -0.000000245. The van der Waals surface area contributed by atoms with Gasteiger partial charge in [0, 0.05) is 13.1 Å². The maximum absolute atomic E-state index is 2.18. The summed E-state index contributed by atoms with van der Waals surface area (Å²) in [7, 11) is 8.35. The molecule has 0 aromatic rings. The highest BCUT2D eigenvalue weighted by Gasteiger charge is 1.89. The minimum Gasteiger partial charge on any atom is -0.308 e. The van der Waals surface area contributed by atoms with Crippen molar-refractivity contribution < 1.29 is 0 Å². The van der Waals surface area contributed by atoms with E-state index in [2.05, 4.69) is 38.0 Å². The van der Waals surface area contributed by atoms with Crippen LogP contribution in [0.3, 0.4) is 0 Å². The van der Waals surface area contributed by atoms with Gasteiger partial charge < -0.3 is 9.80 Å². The van der Waals surface area contributed by atoms with Crippen LogP contribution in [-0.2, 0) is 0 Å². The first-order chi connectivity index (χ1) is 3.63. The summed E-state index contributed by atoms with van der Waals surface area (Å²) >= 11 is 0. The Morgan fingerprint density at radius 1 is 0.700 bits per heavy atom. The molecule has 0 heterocycles. The van der Waals surface area contributed by atoms with Crippen molar-refractivity contribution in [2.24, 2.45) is 0 Å². The zero-order valence-electron chi connectivity index (χ0n) is 7.13. The zero-order chi connectivity index (χ0) is 6.57. The zero-order valence-corrected chi connectivity index (χ0v) is 8.76. The van der Waals surface area contributed by atoms with E-state index in [9.17, 15) is 0 Å². The summed E-state index contributed by atoms with van der Waals surface area (Å²) in [6.45, 7) is 2.29. The molecule has 0 atom stereocenters. The van der Waals surface area contributed by atoms with Crippen molar-refractivity contribution in [3.8, 4) is 0 Å². The molecule has 0 aliphatic heterocycles. The van der Waals surface area contributed by atoms with Crippen LogP contribution in [0.15, 0.2) is 0 Å². The molecule has 0 saturated heterocycles. The third-order valence-electron chi connectivity index (χ3n) is 0.994. The molecule has 66 valence electrons. The fourth-order valence-electron chi connectivity index (χ4n) is 0.400. The lowest BCUT2D eigenvalue weighted by Crippen LogP contribution is -2.25. The fraction of sp³-hybridized carbons (Fsp3) is 1.00. The molecule has 0 spiro atoms. The largest absolute Gasteiger partial charge is 0.308 e. The quantitative estimate of drug-likeness (QED) is 0.652. The van der Waals surface area contributed by atoms with Gasteiger partial charge in [-0.3, -0.25) is 0 Å². The van der Waals surface area contributed by atoms with Crippen LogP contribution in [0.5, 0.6) is 0 Å². The van der Waals surface area contributed by atoms with Gasteiger partial charge in [0.25, 0.3) is 0 Å². The van der Waals surface area contributed by atoms with Crippen LogP contribution < -0.4 is 0 Å². The van der Waals surface area contributed by atoms with E-state index in [1.54, 1.807) is 0 Å². The second-order valence-electron chi connectivity index (χ2n) is 2.61. The summed E-state index contributed by atoms with van der Waals surface area (Å²) in [5.41, 5.74) is 0. The number of hydrogen-bond donors (Lipinski definition) is 0. The number of likely N-dealkylation sites (N-methyl/N-ethyl adjacent to an activating group) is 2. The third kappa shape index (κ3) is 15.8. The molecule has 0 radical (unpaired) electrons. The summed E-state index contributed by atoms with van der Waals surface area (Å²) in [4.78, 5) is 4.36. The average molecular weight is 189 g/mol. The fourth-order valence-corrected chi connectivity index (χ4v) is 0.400. The lowest BCUT2D eigenvalue weighted by Gasteiger charge is -2.13. The minimum absolute atomic E-state index is 0. The van der Waals surface area contributed by atoms with Gasteiger partial charge in [-0.15, -0.1) is 24.8 Å². The topological polar surface area (TPSA) is 6.48 Å². The van der Waals surface area contributed by atoms with Gasteiger partial charge in [-0.25, -0.2) is 0 Å². The standard InChI is InChI=1S/C6H16N2.2ClH/c1-7(2)5-6-8(3)4;;/h5-6H2,1-4H3;2*1H. The maximum Gasteiger partial charge on any atom is 0.0103 e.